The third kappa shape index (κ3) is 3.90. The lowest BCUT2D eigenvalue weighted by Crippen LogP contribution is -2.31. The van der Waals surface area contributed by atoms with Crippen LogP contribution in [-0.4, -0.2) is 31.1 Å². The number of anilines is 1. The number of hydrogen-bond acceptors (Lipinski definition) is 5. The Balaban J connectivity index is 3.02. The van der Waals surface area contributed by atoms with Crippen molar-refractivity contribution in [1.29, 1.82) is 0 Å². The fourth-order valence-electron chi connectivity index (χ4n) is 1.64. The van der Waals surface area contributed by atoms with E-state index in [2.05, 4.69) is 4.74 Å². The van der Waals surface area contributed by atoms with Gasteiger partial charge in [-0.05, 0) is 12.5 Å². The molecule has 19 heavy (non-hydrogen) atoms. The molecule has 1 rings (SSSR count). The van der Waals surface area contributed by atoms with Gasteiger partial charge in [-0.1, -0.05) is 6.92 Å². The van der Waals surface area contributed by atoms with Crippen molar-refractivity contribution < 1.29 is 18.8 Å². The van der Waals surface area contributed by atoms with Gasteiger partial charge in [0.2, 0.25) is 0 Å². The van der Waals surface area contributed by atoms with Gasteiger partial charge in [-0.25, -0.2) is 4.39 Å². The predicted octanol–water partition coefficient (Wildman–Crippen LogP) is 2.12. The second kappa shape index (κ2) is 6.67. The minimum absolute atomic E-state index is 0.0981. The zero-order valence-electron chi connectivity index (χ0n) is 10.8. The first kappa shape index (κ1) is 14.9. The Morgan fingerprint density at radius 2 is 2.21 bits per heavy atom. The second-order valence-corrected chi connectivity index (χ2v) is 3.89. The van der Waals surface area contributed by atoms with Gasteiger partial charge in [-0.2, -0.15) is 0 Å². The van der Waals surface area contributed by atoms with E-state index in [9.17, 15) is 19.3 Å². The van der Waals surface area contributed by atoms with Crippen molar-refractivity contribution in [3.63, 3.8) is 0 Å². The topological polar surface area (TPSA) is 72.7 Å². The van der Waals surface area contributed by atoms with Crippen molar-refractivity contribution >= 4 is 17.3 Å². The highest BCUT2D eigenvalue weighted by atomic mass is 19.1. The quantitative estimate of drug-likeness (QED) is 0.450. The van der Waals surface area contributed by atoms with E-state index in [1.54, 1.807) is 0 Å². The smallest absolute Gasteiger partial charge is 0.325 e. The highest BCUT2D eigenvalue weighted by molar-refractivity contribution is 5.75. The number of carbonyl (C=O) groups is 1. The number of benzene rings is 1. The van der Waals surface area contributed by atoms with Crippen LogP contribution in [0.1, 0.15) is 13.3 Å². The summed E-state index contributed by atoms with van der Waals surface area (Å²) in [5.41, 5.74) is -0.173. The molecular formula is C12H15FN2O4. The SMILES string of the molecule is CCCN(CC(=O)OC)c1ccc([N+](=O)[O-])cc1F. The summed E-state index contributed by atoms with van der Waals surface area (Å²) in [6.07, 6.45) is 0.702. The molecule has 0 aromatic heterocycles. The molecule has 0 aliphatic heterocycles. The molecule has 0 spiro atoms. The summed E-state index contributed by atoms with van der Waals surface area (Å²) in [4.78, 5) is 22.6. The zero-order chi connectivity index (χ0) is 14.4. The van der Waals surface area contributed by atoms with Crippen molar-refractivity contribution in [1.82, 2.24) is 0 Å². The number of nitro groups is 1. The van der Waals surface area contributed by atoms with Crippen LogP contribution in [0.5, 0.6) is 0 Å². The molecule has 0 unspecified atom stereocenters. The summed E-state index contributed by atoms with van der Waals surface area (Å²) >= 11 is 0. The molecule has 0 N–H and O–H groups in total. The van der Waals surface area contributed by atoms with E-state index >= 15 is 0 Å². The number of non-ortho nitro benzene ring substituents is 1. The fraction of sp³-hybridized carbons (Fsp3) is 0.417. The average Bonchev–Trinajstić information content (AvgIpc) is 2.37. The van der Waals surface area contributed by atoms with Crippen LogP contribution in [0.4, 0.5) is 15.8 Å². The monoisotopic (exact) mass is 270 g/mol. The molecule has 0 atom stereocenters. The van der Waals surface area contributed by atoms with E-state index in [-0.39, 0.29) is 17.9 Å². The van der Waals surface area contributed by atoms with Crippen LogP contribution in [0.2, 0.25) is 0 Å². The molecule has 1 aromatic carbocycles. The predicted molar refractivity (Wildman–Crippen MR) is 67.6 cm³/mol. The lowest BCUT2D eigenvalue weighted by Gasteiger charge is -2.23. The van der Waals surface area contributed by atoms with Gasteiger partial charge in [0.25, 0.3) is 5.69 Å². The minimum atomic E-state index is -0.730. The lowest BCUT2D eigenvalue weighted by atomic mass is 10.2. The van der Waals surface area contributed by atoms with Crippen LogP contribution in [-0.2, 0) is 9.53 Å². The summed E-state index contributed by atoms with van der Waals surface area (Å²) < 4.78 is 18.4. The van der Waals surface area contributed by atoms with E-state index in [0.29, 0.717) is 13.0 Å². The first-order valence-electron chi connectivity index (χ1n) is 5.75. The molecule has 6 nitrogen and oxygen atoms in total. The molecule has 0 saturated heterocycles. The van der Waals surface area contributed by atoms with E-state index in [1.165, 1.54) is 24.1 Å². The molecule has 1 aromatic rings. The molecule has 104 valence electrons. The third-order valence-electron chi connectivity index (χ3n) is 2.52. The number of rotatable bonds is 6. The Kier molecular flexibility index (Phi) is 5.23. The Hall–Kier alpha value is -2.18. The molecular weight excluding hydrogens is 255 g/mol. The first-order chi connectivity index (χ1) is 8.99. The Bertz CT molecular complexity index is 479. The van der Waals surface area contributed by atoms with Gasteiger partial charge in [-0.3, -0.25) is 14.9 Å². The molecule has 0 saturated carbocycles. The number of ether oxygens (including phenoxy) is 1. The van der Waals surface area contributed by atoms with Crippen molar-refractivity contribution in [3.8, 4) is 0 Å². The van der Waals surface area contributed by atoms with Crippen LogP contribution in [0, 0.1) is 15.9 Å². The van der Waals surface area contributed by atoms with E-state index in [1.807, 2.05) is 6.92 Å². The maximum atomic E-state index is 13.8. The van der Waals surface area contributed by atoms with Crippen LogP contribution >= 0.6 is 0 Å². The van der Waals surface area contributed by atoms with Gasteiger partial charge < -0.3 is 9.64 Å². The number of nitro benzene ring substituents is 1. The zero-order valence-corrected chi connectivity index (χ0v) is 10.8. The maximum absolute atomic E-state index is 13.8. The molecule has 0 heterocycles. The van der Waals surface area contributed by atoms with E-state index < -0.39 is 16.7 Å². The van der Waals surface area contributed by atoms with Crippen LogP contribution < -0.4 is 4.90 Å². The summed E-state index contributed by atoms with van der Waals surface area (Å²) in [5, 5.41) is 10.5. The summed E-state index contributed by atoms with van der Waals surface area (Å²) in [6.45, 7) is 2.23. The second-order valence-electron chi connectivity index (χ2n) is 3.89. The average molecular weight is 270 g/mol. The molecule has 0 fully saturated rings. The third-order valence-corrected chi connectivity index (χ3v) is 2.52. The van der Waals surface area contributed by atoms with Crippen LogP contribution in [0.15, 0.2) is 18.2 Å². The number of hydrogen-bond donors (Lipinski definition) is 0. The van der Waals surface area contributed by atoms with Crippen molar-refractivity contribution in [2.45, 2.75) is 13.3 Å². The number of halogens is 1. The van der Waals surface area contributed by atoms with Gasteiger partial charge in [0, 0.05) is 12.6 Å². The maximum Gasteiger partial charge on any atom is 0.325 e. The lowest BCUT2D eigenvalue weighted by molar-refractivity contribution is -0.385. The molecule has 0 aliphatic carbocycles. The van der Waals surface area contributed by atoms with Gasteiger partial charge >= 0.3 is 5.97 Å². The van der Waals surface area contributed by atoms with Crippen LogP contribution in [0.25, 0.3) is 0 Å². The Morgan fingerprint density at radius 3 is 2.68 bits per heavy atom. The molecule has 0 amide bonds. The number of methoxy groups -OCH3 is 1. The van der Waals surface area contributed by atoms with Crippen molar-refractivity contribution in [3.05, 3.63) is 34.1 Å². The fourth-order valence-corrected chi connectivity index (χ4v) is 1.64. The summed E-state index contributed by atoms with van der Waals surface area (Å²) in [5.74, 6) is -1.22. The molecule has 0 aliphatic rings. The number of nitrogens with zero attached hydrogens (tertiary/aromatic N) is 2. The molecule has 0 bridgehead atoms. The largest absolute Gasteiger partial charge is 0.468 e. The number of carbonyl (C=O) groups excluding carboxylic acids is 1. The van der Waals surface area contributed by atoms with E-state index in [4.69, 9.17) is 0 Å². The van der Waals surface area contributed by atoms with Gasteiger partial charge in [0.1, 0.15) is 6.54 Å². The normalized spacial score (nSPS) is 10.1. The Morgan fingerprint density at radius 1 is 1.53 bits per heavy atom. The number of esters is 1. The van der Waals surface area contributed by atoms with Crippen molar-refractivity contribution in [2.75, 3.05) is 25.1 Å². The Labute approximate surface area is 109 Å². The summed E-state index contributed by atoms with van der Waals surface area (Å²) in [6, 6.07) is 3.35. The van der Waals surface area contributed by atoms with Gasteiger partial charge in [0.15, 0.2) is 5.82 Å². The first-order valence-corrected chi connectivity index (χ1v) is 5.75. The van der Waals surface area contributed by atoms with Crippen molar-refractivity contribution in [2.24, 2.45) is 0 Å². The molecule has 7 heteroatoms. The van der Waals surface area contributed by atoms with Gasteiger partial charge in [0.05, 0.1) is 23.8 Å². The summed E-state index contributed by atoms with van der Waals surface area (Å²) in [7, 11) is 1.25. The van der Waals surface area contributed by atoms with Gasteiger partial charge in [-0.15, -0.1) is 0 Å². The van der Waals surface area contributed by atoms with Crippen LogP contribution in [0.3, 0.4) is 0 Å². The highest BCUT2D eigenvalue weighted by Gasteiger charge is 2.17. The highest BCUT2D eigenvalue weighted by Crippen LogP contribution is 2.24. The minimum Gasteiger partial charge on any atom is -0.468 e. The molecule has 0 radical (unpaired) electrons. The standard InChI is InChI=1S/C12H15FN2O4/c1-3-6-14(8-12(16)19-2)11-5-4-9(15(17)18)7-10(11)13/h4-5,7H,3,6,8H2,1-2H3. The van der Waals surface area contributed by atoms with E-state index in [0.717, 1.165) is 6.07 Å².